The Balaban J connectivity index is 1.65. The molecule has 0 spiro atoms. The molecule has 0 fully saturated rings. The summed E-state index contributed by atoms with van der Waals surface area (Å²) in [6.07, 6.45) is 2.79. The first kappa shape index (κ1) is 23.0. The molecule has 0 saturated heterocycles. The van der Waals surface area contributed by atoms with Gasteiger partial charge in [-0.25, -0.2) is 4.79 Å². The fourth-order valence-electron chi connectivity index (χ4n) is 3.84. The molecule has 1 aromatic heterocycles. The molecule has 1 unspecified atom stereocenters. The zero-order valence-electron chi connectivity index (χ0n) is 18.4. The van der Waals surface area contributed by atoms with Crippen LogP contribution in [0.2, 0.25) is 0 Å². The minimum atomic E-state index is -0.396. The molecule has 0 saturated carbocycles. The maximum atomic E-state index is 12.7. The van der Waals surface area contributed by atoms with Crippen molar-refractivity contribution in [1.29, 1.82) is 0 Å². The maximum Gasteiger partial charge on any atom is 0.341 e. The quantitative estimate of drug-likeness (QED) is 0.642. The first-order valence-corrected chi connectivity index (χ1v) is 11.2. The van der Waals surface area contributed by atoms with Gasteiger partial charge in [-0.3, -0.25) is 14.5 Å². The van der Waals surface area contributed by atoms with Gasteiger partial charge >= 0.3 is 5.97 Å². The Labute approximate surface area is 186 Å². The normalized spacial score (nSPS) is 15.3. The van der Waals surface area contributed by atoms with Crippen molar-refractivity contribution in [3.63, 3.8) is 0 Å². The van der Waals surface area contributed by atoms with Crippen LogP contribution in [0.4, 0.5) is 5.00 Å². The summed E-state index contributed by atoms with van der Waals surface area (Å²) in [6.45, 7) is 2.94. The molecule has 1 aliphatic rings. The van der Waals surface area contributed by atoms with Gasteiger partial charge in [-0.05, 0) is 55.5 Å². The topological polar surface area (TPSA) is 87.7 Å². The van der Waals surface area contributed by atoms with Crippen LogP contribution in [0.15, 0.2) is 24.3 Å². The molecule has 7 nitrogen and oxygen atoms in total. The van der Waals surface area contributed by atoms with Gasteiger partial charge in [-0.1, -0.05) is 19.1 Å². The van der Waals surface area contributed by atoms with Gasteiger partial charge in [-0.2, -0.15) is 0 Å². The molecule has 31 heavy (non-hydrogen) atoms. The number of hydrogen-bond acceptors (Lipinski definition) is 6. The zero-order valence-corrected chi connectivity index (χ0v) is 19.2. The highest BCUT2D eigenvalue weighted by Crippen LogP contribution is 2.40. The van der Waals surface area contributed by atoms with E-state index in [9.17, 15) is 14.4 Å². The smallest absolute Gasteiger partial charge is 0.341 e. The minimum Gasteiger partial charge on any atom is -0.465 e. The van der Waals surface area contributed by atoms with E-state index in [0.29, 0.717) is 28.6 Å². The third kappa shape index (κ3) is 5.51. The third-order valence-corrected chi connectivity index (χ3v) is 6.63. The Morgan fingerprint density at radius 2 is 1.94 bits per heavy atom. The largest absolute Gasteiger partial charge is 0.465 e. The minimum absolute atomic E-state index is 0.131. The van der Waals surface area contributed by atoms with Gasteiger partial charge in [0.05, 0.1) is 19.2 Å². The van der Waals surface area contributed by atoms with Crippen LogP contribution < -0.4 is 10.6 Å². The molecule has 1 aliphatic carbocycles. The van der Waals surface area contributed by atoms with Crippen LogP contribution in [-0.2, 0) is 28.9 Å². The van der Waals surface area contributed by atoms with Gasteiger partial charge in [0, 0.05) is 24.0 Å². The number of hydrogen-bond donors (Lipinski definition) is 2. The van der Waals surface area contributed by atoms with E-state index in [1.807, 2.05) is 24.1 Å². The number of anilines is 1. The number of ether oxygens (including phenoxy) is 1. The van der Waals surface area contributed by atoms with E-state index in [-0.39, 0.29) is 18.4 Å². The van der Waals surface area contributed by atoms with Gasteiger partial charge in [0.2, 0.25) is 5.91 Å². The average molecular weight is 444 g/mol. The molecule has 2 aromatic rings. The number of methoxy groups -OCH3 is 1. The summed E-state index contributed by atoms with van der Waals surface area (Å²) in [5, 5.41) is 6.11. The highest BCUT2D eigenvalue weighted by Gasteiger charge is 2.29. The van der Waals surface area contributed by atoms with Gasteiger partial charge in [-0.15, -0.1) is 11.3 Å². The van der Waals surface area contributed by atoms with E-state index in [4.69, 9.17) is 4.74 Å². The summed E-state index contributed by atoms with van der Waals surface area (Å²) >= 11 is 1.49. The lowest BCUT2D eigenvalue weighted by molar-refractivity contribution is -0.117. The summed E-state index contributed by atoms with van der Waals surface area (Å²) in [5.41, 5.74) is 3.13. The molecule has 1 aromatic carbocycles. The molecule has 0 radical (unpaired) electrons. The second-order valence-corrected chi connectivity index (χ2v) is 9.15. The molecular formula is C23H29N3O4S. The monoisotopic (exact) mass is 443 g/mol. The molecule has 8 heteroatoms. The van der Waals surface area contributed by atoms with Crippen molar-refractivity contribution >= 4 is 34.1 Å². The second-order valence-electron chi connectivity index (χ2n) is 8.04. The first-order chi connectivity index (χ1) is 14.8. The molecule has 1 atom stereocenters. The molecule has 2 amide bonds. The molecule has 0 bridgehead atoms. The molecule has 0 aliphatic heterocycles. The number of carbonyl (C=O) groups is 3. The lowest BCUT2D eigenvalue weighted by Gasteiger charge is -2.18. The molecule has 3 rings (SSSR count). The van der Waals surface area contributed by atoms with Crippen LogP contribution in [-0.4, -0.2) is 50.4 Å². The molecule has 2 N–H and O–H groups in total. The lowest BCUT2D eigenvalue weighted by atomic mass is 9.88. The van der Waals surface area contributed by atoms with Crippen molar-refractivity contribution in [3.8, 4) is 0 Å². The van der Waals surface area contributed by atoms with Crippen LogP contribution in [0.1, 0.15) is 50.1 Å². The van der Waals surface area contributed by atoms with Gasteiger partial charge in [0.1, 0.15) is 5.00 Å². The number of rotatable bonds is 7. The van der Waals surface area contributed by atoms with Crippen molar-refractivity contribution in [2.75, 3.05) is 33.1 Å². The highest BCUT2D eigenvalue weighted by molar-refractivity contribution is 7.17. The summed E-state index contributed by atoms with van der Waals surface area (Å²) in [6, 6.07) is 7.29. The molecular weight excluding hydrogens is 414 g/mol. The van der Waals surface area contributed by atoms with Crippen molar-refractivity contribution in [2.45, 2.75) is 32.7 Å². The lowest BCUT2D eigenvalue weighted by Crippen LogP contribution is -2.30. The summed E-state index contributed by atoms with van der Waals surface area (Å²) < 4.78 is 4.98. The van der Waals surface area contributed by atoms with Crippen LogP contribution in [0.25, 0.3) is 0 Å². The first-order valence-electron chi connectivity index (χ1n) is 10.3. The summed E-state index contributed by atoms with van der Waals surface area (Å²) in [4.78, 5) is 39.8. The van der Waals surface area contributed by atoms with E-state index in [1.54, 1.807) is 19.2 Å². The number of nitrogens with zero attached hydrogens (tertiary/aromatic N) is 1. The van der Waals surface area contributed by atoms with Crippen molar-refractivity contribution in [1.82, 2.24) is 10.2 Å². The number of esters is 1. The fraction of sp³-hybridized carbons (Fsp3) is 0.435. The summed E-state index contributed by atoms with van der Waals surface area (Å²) in [7, 11) is 4.82. The van der Waals surface area contributed by atoms with Crippen molar-refractivity contribution < 1.29 is 19.1 Å². The van der Waals surface area contributed by atoms with E-state index in [2.05, 4.69) is 17.6 Å². The molecule has 166 valence electrons. The van der Waals surface area contributed by atoms with Gasteiger partial charge in [0.25, 0.3) is 5.91 Å². The highest BCUT2D eigenvalue weighted by atomic mass is 32.1. The summed E-state index contributed by atoms with van der Waals surface area (Å²) in [5.74, 6) is -0.136. The maximum absolute atomic E-state index is 12.7. The van der Waals surface area contributed by atoms with E-state index in [0.717, 1.165) is 30.4 Å². The van der Waals surface area contributed by atoms with Crippen LogP contribution in [0.5, 0.6) is 0 Å². The SMILES string of the molecule is CNC(=O)c1ccc(CN(C)CC(=O)Nc2sc3c(c2C(=O)OC)CCC(C)C3)cc1. The van der Waals surface area contributed by atoms with Crippen LogP contribution in [0, 0.1) is 5.92 Å². The Kier molecular flexibility index (Phi) is 7.46. The number of fused-ring (bicyclic) bond motifs is 1. The standard InChI is InChI=1S/C23H29N3O4S/c1-14-5-10-17-18(11-14)31-22(20(17)23(29)30-4)25-19(27)13-26(3)12-15-6-8-16(9-7-15)21(28)24-2/h6-9,14H,5,10-13H2,1-4H3,(H,24,28)(H,25,27). The van der Waals surface area contributed by atoms with E-state index < -0.39 is 5.97 Å². The molecule has 1 heterocycles. The van der Waals surface area contributed by atoms with E-state index >= 15 is 0 Å². The van der Waals surface area contributed by atoms with Crippen molar-refractivity contribution in [2.24, 2.45) is 5.92 Å². The second kappa shape index (κ2) is 10.1. The number of likely N-dealkylation sites (N-methyl/N-ethyl adjacent to an activating group) is 1. The number of amides is 2. The Morgan fingerprint density at radius 3 is 2.58 bits per heavy atom. The Hall–Kier alpha value is -2.71. The predicted molar refractivity (Wildman–Crippen MR) is 122 cm³/mol. The number of carbonyl (C=O) groups excluding carboxylic acids is 3. The van der Waals surface area contributed by atoms with Crippen LogP contribution >= 0.6 is 11.3 Å². The van der Waals surface area contributed by atoms with Crippen molar-refractivity contribution in [3.05, 3.63) is 51.4 Å². The predicted octanol–water partition coefficient (Wildman–Crippen LogP) is 3.09. The van der Waals surface area contributed by atoms with Gasteiger partial charge < -0.3 is 15.4 Å². The number of benzene rings is 1. The zero-order chi connectivity index (χ0) is 22.5. The average Bonchev–Trinajstić information content (AvgIpc) is 3.09. The third-order valence-electron chi connectivity index (χ3n) is 5.46. The van der Waals surface area contributed by atoms with Gasteiger partial charge in [0.15, 0.2) is 0 Å². The number of thiophene rings is 1. The Bertz CT molecular complexity index is 968. The fourth-order valence-corrected chi connectivity index (χ4v) is 5.26. The van der Waals surface area contributed by atoms with Crippen LogP contribution in [0.3, 0.4) is 0 Å². The Morgan fingerprint density at radius 1 is 1.23 bits per heavy atom. The number of nitrogens with one attached hydrogen (secondary N) is 2. The van der Waals surface area contributed by atoms with E-state index in [1.165, 1.54) is 23.3 Å².